The molecule has 1 aromatic heterocycles. The minimum atomic E-state index is -0.257. The van der Waals surface area contributed by atoms with Crippen LogP contribution in [0.1, 0.15) is 11.1 Å². The van der Waals surface area contributed by atoms with Gasteiger partial charge in [-0.2, -0.15) is 5.10 Å². The van der Waals surface area contributed by atoms with Crippen LogP contribution in [0.2, 0.25) is 0 Å². The molecule has 0 bridgehead atoms. The number of anilines is 1. The van der Waals surface area contributed by atoms with Gasteiger partial charge in [0.1, 0.15) is 0 Å². The Balaban J connectivity index is 1.58. The second kappa shape index (κ2) is 7.31. The van der Waals surface area contributed by atoms with Crippen molar-refractivity contribution in [1.82, 2.24) is 15.1 Å². The van der Waals surface area contributed by atoms with Crippen LogP contribution in [0.3, 0.4) is 0 Å². The lowest BCUT2D eigenvalue weighted by Gasteiger charge is -2.09. The molecule has 1 heterocycles. The number of hydrogen-bond donors (Lipinski definition) is 2. The molecule has 5 nitrogen and oxygen atoms in total. The van der Waals surface area contributed by atoms with Gasteiger partial charge in [-0.1, -0.05) is 24.3 Å². The van der Waals surface area contributed by atoms with Crippen molar-refractivity contribution in [2.75, 3.05) is 5.32 Å². The van der Waals surface area contributed by atoms with Crippen molar-refractivity contribution >= 4 is 27.6 Å². The van der Waals surface area contributed by atoms with Crippen LogP contribution in [0.25, 0.3) is 5.69 Å². The summed E-state index contributed by atoms with van der Waals surface area (Å²) in [4.78, 5) is 12.0. The van der Waals surface area contributed by atoms with Crippen molar-refractivity contribution < 1.29 is 4.79 Å². The van der Waals surface area contributed by atoms with E-state index in [0.29, 0.717) is 6.54 Å². The largest absolute Gasteiger partial charge is 0.334 e. The first-order valence-electron chi connectivity index (χ1n) is 7.52. The van der Waals surface area contributed by atoms with Crippen LogP contribution >= 0.6 is 15.9 Å². The predicted octanol–water partition coefficient (Wildman–Crippen LogP) is 4.26. The maximum absolute atomic E-state index is 12.0. The summed E-state index contributed by atoms with van der Waals surface area (Å²) in [5.41, 5.74) is 3.77. The summed E-state index contributed by atoms with van der Waals surface area (Å²) in [7, 11) is 0. The third-order valence-corrected chi connectivity index (χ3v) is 4.14. The summed E-state index contributed by atoms with van der Waals surface area (Å²) >= 11 is 3.44. The van der Waals surface area contributed by atoms with Gasteiger partial charge >= 0.3 is 6.03 Å². The Labute approximate surface area is 148 Å². The monoisotopic (exact) mass is 384 g/mol. The fourth-order valence-electron chi connectivity index (χ4n) is 2.24. The van der Waals surface area contributed by atoms with Gasteiger partial charge in [0.05, 0.1) is 17.6 Å². The average Bonchev–Trinajstić information content (AvgIpc) is 3.05. The van der Waals surface area contributed by atoms with Crippen molar-refractivity contribution in [3.63, 3.8) is 0 Å². The average molecular weight is 385 g/mol. The quantitative estimate of drug-likeness (QED) is 0.705. The summed E-state index contributed by atoms with van der Waals surface area (Å²) < 4.78 is 2.64. The van der Waals surface area contributed by atoms with Crippen LogP contribution in [0.5, 0.6) is 0 Å². The molecule has 0 saturated carbocycles. The molecule has 0 aliphatic rings. The molecule has 2 amide bonds. The zero-order valence-corrected chi connectivity index (χ0v) is 14.7. The van der Waals surface area contributed by atoms with Crippen LogP contribution in [-0.2, 0) is 6.54 Å². The van der Waals surface area contributed by atoms with E-state index in [2.05, 4.69) is 31.7 Å². The highest BCUT2D eigenvalue weighted by atomic mass is 79.9. The molecular formula is C18H17BrN4O. The number of benzene rings is 2. The van der Waals surface area contributed by atoms with Gasteiger partial charge in [-0.15, -0.1) is 0 Å². The van der Waals surface area contributed by atoms with E-state index >= 15 is 0 Å². The van der Waals surface area contributed by atoms with Gasteiger partial charge in [-0.25, -0.2) is 9.48 Å². The highest BCUT2D eigenvalue weighted by Gasteiger charge is 2.06. The number of amides is 2. The number of halogens is 1. The van der Waals surface area contributed by atoms with Crippen molar-refractivity contribution in [3.8, 4) is 5.69 Å². The zero-order chi connectivity index (χ0) is 16.9. The molecule has 2 aromatic carbocycles. The van der Waals surface area contributed by atoms with Crippen LogP contribution in [0, 0.1) is 6.92 Å². The highest BCUT2D eigenvalue weighted by Crippen LogP contribution is 2.23. The van der Waals surface area contributed by atoms with Gasteiger partial charge in [0.25, 0.3) is 0 Å². The van der Waals surface area contributed by atoms with Crippen LogP contribution in [0.15, 0.2) is 65.4 Å². The number of aryl methyl sites for hydroxylation is 1. The number of nitrogens with one attached hydrogen (secondary N) is 2. The minimum Gasteiger partial charge on any atom is -0.334 e. The molecule has 0 radical (unpaired) electrons. The van der Waals surface area contributed by atoms with E-state index in [9.17, 15) is 4.79 Å². The van der Waals surface area contributed by atoms with Gasteiger partial charge < -0.3 is 10.6 Å². The Morgan fingerprint density at radius 3 is 2.75 bits per heavy atom. The van der Waals surface area contributed by atoms with Crippen LogP contribution < -0.4 is 10.6 Å². The van der Waals surface area contributed by atoms with Crippen LogP contribution in [-0.4, -0.2) is 15.8 Å². The maximum Gasteiger partial charge on any atom is 0.319 e. The van der Waals surface area contributed by atoms with E-state index in [1.54, 1.807) is 10.9 Å². The third kappa shape index (κ3) is 4.02. The molecular weight excluding hydrogens is 368 g/mol. The van der Waals surface area contributed by atoms with Gasteiger partial charge in [0.2, 0.25) is 0 Å². The normalized spacial score (nSPS) is 10.4. The minimum absolute atomic E-state index is 0.257. The zero-order valence-electron chi connectivity index (χ0n) is 13.2. The Morgan fingerprint density at radius 2 is 2.00 bits per heavy atom. The van der Waals surface area contributed by atoms with Gasteiger partial charge in [-0.05, 0) is 52.7 Å². The summed E-state index contributed by atoms with van der Waals surface area (Å²) in [6.07, 6.45) is 3.65. The van der Waals surface area contributed by atoms with Crippen molar-refractivity contribution in [3.05, 3.63) is 76.5 Å². The first-order valence-corrected chi connectivity index (χ1v) is 8.31. The molecule has 2 N–H and O–H groups in total. The molecule has 3 aromatic rings. The Bertz CT molecular complexity index is 845. The summed E-state index contributed by atoms with van der Waals surface area (Å²) in [6.45, 7) is 2.40. The molecule has 122 valence electrons. The Kier molecular flexibility index (Phi) is 4.96. The molecule has 0 aliphatic carbocycles. The number of aromatic nitrogens is 2. The topological polar surface area (TPSA) is 59.0 Å². The van der Waals surface area contributed by atoms with Crippen LogP contribution in [0.4, 0.5) is 10.5 Å². The van der Waals surface area contributed by atoms with Gasteiger partial charge in [0.15, 0.2) is 0 Å². The van der Waals surface area contributed by atoms with E-state index in [1.807, 2.05) is 61.7 Å². The van der Waals surface area contributed by atoms with Gasteiger partial charge in [0, 0.05) is 22.8 Å². The number of nitrogens with zero attached hydrogens (tertiary/aromatic N) is 2. The molecule has 0 spiro atoms. The SMILES string of the molecule is Cc1ccc(NC(=O)NCc2cnn(-c3ccccc3)c2)c(Br)c1. The fraction of sp³-hybridized carbons (Fsp3) is 0.111. The van der Waals surface area contributed by atoms with Crippen molar-refractivity contribution in [1.29, 1.82) is 0 Å². The van der Waals surface area contributed by atoms with Crippen molar-refractivity contribution in [2.45, 2.75) is 13.5 Å². The van der Waals surface area contributed by atoms with Crippen molar-refractivity contribution in [2.24, 2.45) is 0 Å². The Morgan fingerprint density at radius 1 is 1.21 bits per heavy atom. The van der Waals surface area contributed by atoms with E-state index in [4.69, 9.17) is 0 Å². The molecule has 0 fully saturated rings. The number of hydrogen-bond acceptors (Lipinski definition) is 2. The summed E-state index contributed by atoms with van der Waals surface area (Å²) in [5, 5.41) is 9.96. The molecule has 6 heteroatoms. The predicted molar refractivity (Wildman–Crippen MR) is 98.3 cm³/mol. The van der Waals surface area contributed by atoms with E-state index in [-0.39, 0.29) is 6.03 Å². The van der Waals surface area contributed by atoms with Gasteiger partial charge in [-0.3, -0.25) is 0 Å². The lowest BCUT2D eigenvalue weighted by Crippen LogP contribution is -2.28. The first kappa shape index (κ1) is 16.3. The Hall–Kier alpha value is -2.60. The molecule has 0 atom stereocenters. The molecule has 0 unspecified atom stereocenters. The van der Waals surface area contributed by atoms with E-state index < -0.39 is 0 Å². The molecule has 3 rings (SSSR count). The number of para-hydroxylation sites is 1. The number of rotatable bonds is 4. The second-order valence-corrected chi connectivity index (χ2v) is 6.27. The number of carbonyl (C=O) groups is 1. The smallest absolute Gasteiger partial charge is 0.319 e. The third-order valence-electron chi connectivity index (χ3n) is 3.48. The molecule has 0 aliphatic heterocycles. The lowest BCUT2D eigenvalue weighted by molar-refractivity contribution is 0.251. The molecule has 0 saturated heterocycles. The fourth-order valence-corrected chi connectivity index (χ4v) is 2.84. The lowest BCUT2D eigenvalue weighted by atomic mass is 10.2. The van der Waals surface area contributed by atoms with E-state index in [0.717, 1.165) is 27.0 Å². The molecule has 24 heavy (non-hydrogen) atoms. The maximum atomic E-state index is 12.0. The number of carbonyl (C=O) groups excluding carboxylic acids is 1. The second-order valence-electron chi connectivity index (χ2n) is 5.42. The summed E-state index contributed by atoms with van der Waals surface area (Å²) in [6, 6.07) is 15.4. The standard InChI is InChI=1S/C18H17BrN4O/c1-13-7-8-17(16(19)9-13)22-18(24)20-10-14-11-21-23(12-14)15-5-3-2-4-6-15/h2-9,11-12H,10H2,1H3,(H2,20,22,24). The van der Waals surface area contributed by atoms with E-state index in [1.165, 1.54) is 0 Å². The first-order chi connectivity index (χ1) is 11.6. The highest BCUT2D eigenvalue weighted by molar-refractivity contribution is 9.10. The summed E-state index contributed by atoms with van der Waals surface area (Å²) in [5.74, 6) is 0. The number of urea groups is 1.